The van der Waals surface area contributed by atoms with Crippen LogP contribution in [0.15, 0.2) is 12.3 Å². The molecule has 1 aliphatic rings. The molecular formula is C17H31N3. The SMILES string of the molecule is CCC1CCC(CNCC(C)C)C(c2ccnn2C)C1. The van der Waals surface area contributed by atoms with Gasteiger partial charge in [-0.2, -0.15) is 5.10 Å². The van der Waals surface area contributed by atoms with Gasteiger partial charge in [-0.15, -0.1) is 0 Å². The van der Waals surface area contributed by atoms with Crippen LogP contribution in [-0.2, 0) is 7.05 Å². The van der Waals surface area contributed by atoms with Crippen molar-refractivity contribution in [2.45, 2.75) is 52.4 Å². The van der Waals surface area contributed by atoms with E-state index in [9.17, 15) is 0 Å². The monoisotopic (exact) mass is 277 g/mol. The smallest absolute Gasteiger partial charge is 0.0492 e. The van der Waals surface area contributed by atoms with E-state index in [1.807, 2.05) is 6.20 Å². The summed E-state index contributed by atoms with van der Waals surface area (Å²) in [6.07, 6.45) is 7.37. The van der Waals surface area contributed by atoms with E-state index >= 15 is 0 Å². The Bertz CT molecular complexity index is 397. The Hall–Kier alpha value is -0.830. The summed E-state index contributed by atoms with van der Waals surface area (Å²) in [5.74, 6) is 3.08. The Morgan fingerprint density at radius 3 is 2.80 bits per heavy atom. The molecule has 1 aromatic heterocycles. The first kappa shape index (κ1) is 15.6. The highest BCUT2D eigenvalue weighted by Crippen LogP contribution is 2.41. The Morgan fingerprint density at radius 2 is 2.20 bits per heavy atom. The minimum atomic E-state index is 0.681. The van der Waals surface area contributed by atoms with Crippen LogP contribution in [0.25, 0.3) is 0 Å². The third-order valence-electron chi connectivity index (χ3n) is 4.88. The van der Waals surface area contributed by atoms with E-state index in [-0.39, 0.29) is 0 Å². The number of rotatable bonds is 6. The summed E-state index contributed by atoms with van der Waals surface area (Å²) >= 11 is 0. The maximum absolute atomic E-state index is 4.38. The van der Waals surface area contributed by atoms with Gasteiger partial charge in [0.15, 0.2) is 0 Å². The van der Waals surface area contributed by atoms with E-state index in [1.165, 1.54) is 31.4 Å². The third-order valence-corrected chi connectivity index (χ3v) is 4.88. The average molecular weight is 277 g/mol. The standard InChI is InChI=1S/C17H31N3/c1-5-14-6-7-15(12-18-11-13(2)3)16(10-14)17-8-9-19-20(17)4/h8-9,13-16,18H,5-7,10-12H2,1-4H3. The van der Waals surface area contributed by atoms with Crippen LogP contribution in [-0.4, -0.2) is 22.9 Å². The van der Waals surface area contributed by atoms with Gasteiger partial charge < -0.3 is 5.32 Å². The summed E-state index contributed by atoms with van der Waals surface area (Å²) in [4.78, 5) is 0. The molecule has 114 valence electrons. The van der Waals surface area contributed by atoms with Crippen LogP contribution in [0, 0.1) is 17.8 Å². The van der Waals surface area contributed by atoms with Crippen LogP contribution >= 0.6 is 0 Å². The molecule has 0 aliphatic heterocycles. The number of nitrogens with one attached hydrogen (secondary N) is 1. The summed E-state index contributed by atoms with van der Waals surface area (Å²) in [6, 6.07) is 2.22. The first-order chi connectivity index (χ1) is 9.61. The van der Waals surface area contributed by atoms with E-state index in [0.717, 1.165) is 30.8 Å². The van der Waals surface area contributed by atoms with E-state index in [4.69, 9.17) is 0 Å². The minimum Gasteiger partial charge on any atom is -0.316 e. The predicted octanol–water partition coefficient (Wildman–Crippen LogP) is 3.58. The maximum atomic E-state index is 4.38. The Morgan fingerprint density at radius 1 is 1.40 bits per heavy atom. The molecule has 1 saturated carbocycles. The molecule has 3 unspecified atom stereocenters. The van der Waals surface area contributed by atoms with Gasteiger partial charge in [-0.1, -0.05) is 33.6 Å². The molecule has 20 heavy (non-hydrogen) atoms. The van der Waals surface area contributed by atoms with Gasteiger partial charge in [-0.3, -0.25) is 4.68 Å². The predicted molar refractivity (Wildman–Crippen MR) is 84.8 cm³/mol. The van der Waals surface area contributed by atoms with Crippen molar-refractivity contribution in [3.05, 3.63) is 18.0 Å². The second kappa shape index (κ2) is 7.26. The van der Waals surface area contributed by atoms with Gasteiger partial charge >= 0.3 is 0 Å². The molecule has 1 aromatic rings. The zero-order valence-corrected chi connectivity index (χ0v) is 13.6. The highest BCUT2D eigenvalue weighted by molar-refractivity contribution is 5.11. The molecule has 0 bridgehead atoms. The van der Waals surface area contributed by atoms with Gasteiger partial charge in [-0.05, 0) is 49.8 Å². The summed E-state index contributed by atoms with van der Waals surface area (Å²) in [6.45, 7) is 9.18. The largest absolute Gasteiger partial charge is 0.316 e. The lowest BCUT2D eigenvalue weighted by Crippen LogP contribution is -2.34. The molecule has 0 spiro atoms. The molecule has 1 N–H and O–H groups in total. The van der Waals surface area contributed by atoms with Crippen LogP contribution in [0.3, 0.4) is 0 Å². The summed E-state index contributed by atoms with van der Waals surface area (Å²) < 4.78 is 2.08. The fourth-order valence-electron chi connectivity index (χ4n) is 3.60. The molecule has 0 radical (unpaired) electrons. The molecule has 1 heterocycles. The van der Waals surface area contributed by atoms with Gasteiger partial charge in [0, 0.05) is 24.9 Å². The second-order valence-electron chi connectivity index (χ2n) is 6.89. The highest BCUT2D eigenvalue weighted by atomic mass is 15.3. The van der Waals surface area contributed by atoms with Gasteiger partial charge in [0.25, 0.3) is 0 Å². The first-order valence-corrected chi connectivity index (χ1v) is 8.30. The zero-order chi connectivity index (χ0) is 14.5. The third kappa shape index (κ3) is 3.85. The van der Waals surface area contributed by atoms with Crippen LogP contribution in [0.4, 0.5) is 0 Å². The number of nitrogens with zero attached hydrogens (tertiary/aromatic N) is 2. The van der Waals surface area contributed by atoms with Gasteiger partial charge in [-0.25, -0.2) is 0 Å². The van der Waals surface area contributed by atoms with E-state index in [0.29, 0.717) is 5.92 Å². The Balaban J connectivity index is 2.02. The molecular weight excluding hydrogens is 246 g/mol. The zero-order valence-electron chi connectivity index (χ0n) is 13.6. The molecule has 1 aliphatic carbocycles. The molecule has 2 rings (SSSR count). The van der Waals surface area contributed by atoms with Gasteiger partial charge in [0.2, 0.25) is 0 Å². The van der Waals surface area contributed by atoms with Crippen molar-refractivity contribution in [3.8, 4) is 0 Å². The topological polar surface area (TPSA) is 29.9 Å². The Kier molecular flexibility index (Phi) is 5.64. The lowest BCUT2D eigenvalue weighted by molar-refractivity contribution is 0.217. The summed E-state index contributed by atoms with van der Waals surface area (Å²) in [5, 5.41) is 8.05. The minimum absolute atomic E-state index is 0.681. The Labute approximate surface area is 124 Å². The van der Waals surface area contributed by atoms with Crippen LogP contribution in [0.1, 0.15) is 58.1 Å². The number of hydrogen-bond acceptors (Lipinski definition) is 2. The van der Waals surface area contributed by atoms with Crippen LogP contribution in [0.5, 0.6) is 0 Å². The van der Waals surface area contributed by atoms with E-state index < -0.39 is 0 Å². The molecule has 1 fully saturated rings. The van der Waals surface area contributed by atoms with Crippen molar-refractivity contribution >= 4 is 0 Å². The number of aryl methyl sites for hydroxylation is 1. The molecule has 0 saturated heterocycles. The number of hydrogen-bond donors (Lipinski definition) is 1. The van der Waals surface area contributed by atoms with Crippen LogP contribution < -0.4 is 5.32 Å². The van der Waals surface area contributed by atoms with E-state index in [2.05, 4.69) is 49.0 Å². The first-order valence-electron chi connectivity index (χ1n) is 8.30. The quantitative estimate of drug-likeness (QED) is 0.861. The van der Waals surface area contributed by atoms with Gasteiger partial charge in [0.05, 0.1) is 0 Å². The second-order valence-corrected chi connectivity index (χ2v) is 6.89. The molecule has 0 amide bonds. The maximum Gasteiger partial charge on any atom is 0.0492 e. The molecule has 3 heteroatoms. The van der Waals surface area contributed by atoms with Crippen molar-refractivity contribution in [2.75, 3.05) is 13.1 Å². The van der Waals surface area contributed by atoms with E-state index in [1.54, 1.807) is 0 Å². The van der Waals surface area contributed by atoms with Crippen LogP contribution in [0.2, 0.25) is 0 Å². The average Bonchev–Trinajstić information content (AvgIpc) is 2.85. The normalized spacial score (nSPS) is 27.1. The fourth-order valence-corrected chi connectivity index (χ4v) is 3.60. The highest BCUT2D eigenvalue weighted by Gasteiger charge is 2.32. The van der Waals surface area contributed by atoms with Crippen molar-refractivity contribution in [2.24, 2.45) is 24.8 Å². The molecule has 3 atom stereocenters. The van der Waals surface area contributed by atoms with Crippen molar-refractivity contribution in [3.63, 3.8) is 0 Å². The number of aromatic nitrogens is 2. The molecule has 3 nitrogen and oxygen atoms in total. The lowest BCUT2D eigenvalue weighted by atomic mass is 9.71. The van der Waals surface area contributed by atoms with Crippen molar-refractivity contribution in [1.82, 2.24) is 15.1 Å². The lowest BCUT2D eigenvalue weighted by Gasteiger charge is -2.36. The van der Waals surface area contributed by atoms with Crippen molar-refractivity contribution in [1.29, 1.82) is 0 Å². The van der Waals surface area contributed by atoms with Gasteiger partial charge in [0.1, 0.15) is 0 Å². The summed E-state index contributed by atoms with van der Waals surface area (Å²) in [5.41, 5.74) is 1.43. The summed E-state index contributed by atoms with van der Waals surface area (Å²) in [7, 11) is 2.09. The fraction of sp³-hybridized carbons (Fsp3) is 0.824. The van der Waals surface area contributed by atoms with Crippen molar-refractivity contribution < 1.29 is 0 Å². The molecule has 0 aromatic carbocycles.